The van der Waals surface area contributed by atoms with Crippen molar-refractivity contribution in [3.05, 3.63) is 48.4 Å². The number of hydrogen-bond donors (Lipinski definition) is 1. The summed E-state index contributed by atoms with van der Waals surface area (Å²) >= 11 is 0. The average molecular weight is 506 g/mol. The van der Waals surface area contributed by atoms with Gasteiger partial charge in [-0.2, -0.15) is 4.79 Å². The number of terminal acetylenes is 1. The van der Waals surface area contributed by atoms with Crippen LogP contribution < -0.4 is 19.5 Å². The maximum atomic E-state index is 14.9. The molecule has 2 heterocycles. The minimum Gasteiger partial charge on any atom is -0.493 e. The van der Waals surface area contributed by atoms with Crippen molar-refractivity contribution in [2.24, 2.45) is 5.11 Å². The Morgan fingerprint density at radius 2 is 1.86 bits per heavy atom. The lowest BCUT2D eigenvalue weighted by Gasteiger charge is -2.19. The van der Waals surface area contributed by atoms with Crippen LogP contribution in [-0.4, -0.2) is 66.3 Å². The molecule has 0 aliphatic carbocycles. The number of pyridine rings is 1. The van der Waals surface area contributed by atoms with Gasteiger partial charge in [0.25, 0.3) is 11.9 Å². The number of carbonyl (C=O) groups is 3. The van der Waals surface area contributed by atoms with Crippen molar-refractivity contribution < 1.29 is 37.7 Å². The fourth-order valence-electron chi connectivity index (χ4n) is 3.62. The second kappa shape index (κ2) is 10.3. The number of nitrogens with one attached hydrogen (secondary N) is 1. The van der Waals surface area contributed by atoms with E-state index in [0.29, 0.717) is 28.2 Å². The third kappa shape index (κ3) is 4.87. The van der Waals surface area contributed by atoms with Crippen LogP contribution in [0, 0.1) is 18.2 Å². The number of aromatic nitrogens is 1. The Bertz CT molecular complexity index is 1500. The van der Waals surface area contributed by atoms with Crippen molar-refractivity contribution >= 4 is 34.4 Å². The van der Waals surface area contributed by atoms with E-state index in [1.165, 1.54) is 39.6 Å². The number of nitrogens with zero attached hydrogens (tertiary/aromatic N) is 4. The number of benzene rings is 2. The zero-order chi connectivity index (χ0) is 26.7. The Morgan fingerprint density at radius 1 is 1.14 bits per heavy atom. The van der Waals surface area contributed by atoms with Crippen LogP contribution in [0.5, 0.6) is 23.0 Å². The molecule has 1 aliphatic rings. The summed E-state index contributed by atoms with van der Waals surface area (Å²) in [6.45, 7) is -0.315. The molecule has 4 amide bonds. The van der Waals surface area contributed by atoms with E-state index in [-0.39, 0.29) is 18.0 Å². The van der Waals surface area contributed by atoms with Crippen LogP contribution in [0.3, 0.4) is 0 Å². The normalized spacial score (nSPS) is 15.2. The van der Waals surface area contributed by atoms with Gasteiger partial charge < -0.3 is 19.5 Å². The maximum absolute atomic E-state index is 14.9. The van der Waals surface area contributed by atoms with Crippen molar-refractivity contribution in [1.82, 2.24) is 9.88 Å². The molecule has 2 aromatic carbocycles. The molecular weight excluding hydrogens is 485 g/mol. The first-order valence-corrected chi connectivity index (χ1v) is 10.8. The van der Waals surface area contributed by atoms with E-state index >= 15 is 0 Å². The summed E-state index contributed by atoms with van der Waals surface area (Å²) in [7, 11) is 4.28. The minimum atomic E-state index is -1.56. The smallest absolute Gasteiger partial charge is 0.493 e. The van der Waals surface area contributed by atoms with Gasteiger partial charge in [0.1, 0.15) is 12.8 Å². The van der Waals surface area contributed by atoms with Crippen LogP contribution in [0.25, 0.3) is 10.9 Å². The zero-order valence-electron chi connectivity index (χ0n) is 20.0. The van der Waals surface area contributed by atoms with Crippen LogP contribution in [0.4, 0.5) is 14.9 Å². The SMILES string of the molecule is C#CCN1C(=O)C(C(=O)Nc2ccc(Oc3ccnc4cc(OC)c(OC)cc34)c(F)c2)N=[N+](C)C1=O. The molecule has 188 valence electrons. The number of carbonyl (C=O) groups excluding carboxylic acids is 3. The van der Waals surface area contributed by atoms with Gasteiger partial charge in [0.2, 0.25) is 0 Å². The van der Waals surface area contributed by atoms with E-state index in [1.54, 1.807) is 18.2 Å². The van der Waals surface area contributed by atoms with Crippen LogP contribution in [0.1, 0.15) is 0 Å². The summed E-state index contributed by atoms with van der Waals surface area (Å²) in [5, 5.41) is 6.78. The number of imide groups is 1. The highest BCUT2D eigenvalue weighted by molar-refractivity contribution is 6.13. The zero-order valence-corrected chi connectivity index (χ0v) is 20.0. The first-order valence-electron chi connectivity index (χ1n) is 10.8. The third-order valence-corrected chi connectivity index (χ3v) is 5.42. The van der Waals surface area contributed by atoms with E-state index in [9.17, 15) is 18.8 Å². The molecule has 37 heavy (non-hydrogen) atoms. The Morgan fingerprint density at radius 3 is 2.54 bits per heavy atom. The molecule has 0 saturated heterocycles. The van der Waals surface area contributed by atoms with Crippen LogP contribution >= 0.6 is 0 Å². The summed E-state index contributed by atoms with van der Waals surface area (Å²) in [5.74, 6) is 0.786. The van der Waals surface area contributed by atoms with Crippen LogP contribution in [-0.2, 0) is 9.59 Å². The second-order valence-electron chi connectivity index (χ2n) is 7.72. The highest BCUT2D eigenvalue weighted by Crippen LogP contribution is 2.37. The fourth-order valence-corrected chi connectivity index (χ4v) is 3.62. The van der Waals surface area contributed by atoms with Gasteiger partial charge in [-0.3, -0.25) is 9.78 Å². The molecule has 1 unspecified atom stereocenters. The number of ether oxygens (including phenoxy) is 3. The number of anilines is 1. The molecule has 12 heteroatoms. The molecule has 1 N–H and O–H groups in total. The standard InChI is InChI=1S/C25H20FN5O6/c1-5-10-31-24(33)22(29-30(2)25(31)34)23(32)28-14-6-7-19(16(26)11-14)37-18-8-9-27-17-13-21(36-4)20(35-3)12-15(17)18/h1,6-9,11-13,22H,10H2,2-4H3/p+1. The molecule has 0 radical (unpaired) electrons. The summed E-state index contributed by atoms with van der Waals surface area (Å²) < 4.78 is 32.2. The number of fused-ring (bicyclic) bond motifs is 1. The molecule has 3 aromatic rings. The first kappa shape index (κ1) is 25.1. The van der Waals surface area contributed by atoms with Gasteiger partial charge in [0.15, 0.2) is 29.6 Å². The molecule has 11 nitrogen and oxygen atoms in total. The van der Waals surface area contributed by atoms with E-state index < -0.39 is 29.7 Å². The number of amides is 4. The Hall–Kier alpha value is -5.05. The molecule has 1 aromatic heterocycles. The number of halogens is 1. The first-order chi connectivity index (χ1) is 17.8. The number of azo groups is 2. The van der Waals surface area contributed by atoms with Gasteiger partial charge >= 0.3 is 11.9 Å². The van der Waals surface area contributed by atoms with Gasteiger partial charge in [-0.05, 0) is 24.3 Å². The molecule has 0 saturated carbocycles. The van der Waals surface area contributed by atoms with Gasteiger partial charge in [0, 0.05) is 29.4 Å². The molecule has 1 aliphatic heterocycles. The topological polar surface area (TPSA) is 122 Å². The predicted octanol–water partition coefficient (Wildman–Crippen LogP) is 3.18. The van der Waals surface area contributed by atoms with Gasteiger partial charge in [-0.1, -0.05) is 11.0 Å². The van der Waals surface area contributed by atoms with E-state index in [2.05, 4.69) is 21.3 Å². The van der Waals surface area contributed by atoms with Crippen molar-refractivity contribution in [3.63, 3.8) is 0 Å². The minimum absolute atomic E-state index is 0.0481. The van der Waals surface area contributed by atoms with Crippen molar-refractivity contribution in [1.29, 1.82) is 0 Å². The van der Waals surface area contributed by atoms with Gasteiger partial charge in [0.05, 0.1) is 19.7 Å². The molecule has 0 spiro atoms. The lowest BCUT2D eigenvalue weighted by atomic mass is 10.1. The number of rotatable bonds is 7. The Balaban J connectivity index is 1.56. The van der Waals surface area contributed by atoms with Crippen LogP contribution in [0.2, 0.25) is 0 Å². The lowest BCUT2D eigenvalue weighted by Crippen LogP contribution is -2.53. The summed E-state index contributed by atoms with van der Waals surface area (Å²) in [6, 6.07) is 6.33. The van der Waals surface area contributed by atoms with Gasteiger partial charge in [-0.15, -0.1) is 16.0 Å². The highest BCUT2D eigenvalue weighted by atomic mass is 19.1. The summed E-state index contributed by atoms with van der Waals surface area (Å²) in [4.78, 5) is 42.3. The number of urea groups is 1. The van der Waals surface area contributed by atoms with Gasteiger partial charge in [-0.25, -0.2) is 9.18 Å². The third-order valence-electron chi connectivity index (χ3n) is 5.42. The van der Waals surface area contributed by atoms with Crippen LogP contribution in [0.15, 0.2) is 47.7 Å². The van der Waals surface area contributed by atoms with E-state index in [1.807, 2.05) is 0 Å². The molecular formula is C25H21FN5O6+. The Kier molecular flexibility index (Phi) is 6.97. The maximum Gasteiger partial charge on any atom is 0.521 e. The molecule has 0 bridgehead atoms. The van der Waals surface area contributed by atoms with E-state index in [0.717, 1.165) is 15.7 Å². The summed E-state index contributed by atoms with van der Waals surface area (Å²) in [5.41, 5.74) is 0.592. The second-order valence-corrected chi connectivity index (χ2v) is 7.72. The van der Waals surface area contributed by atoms with Crippen molar-refractivity contribution in [2.75, 3.05) is 33.1 Å². The Labute approximate surface area is 210 Å². The fraction of sp³-hybridized carbons (Fsp3) is 0.200. The van der Waals surface area contributed by atoms with E-state index in [4.69, 9.17) is 20.6 Å². The van der Waals surface area contributed by atoms with Crippen molar-refractivity contribution in [2.45, 2.75) is 6.04 Å². The average Bonchev–Trinajstić information content (AvgIpc) is 2.89. The monoisotopic (exact) mass is 506 g/mol. The largest absolute Gasteiger partial charge is 0.521 e. The lowest BCUT2D eigenvalue weighted by molar-refractivity contribution is -0.481. The van der Waals surface area contributed by atoms with Crippen molar-refractivity contribution in [3.8, 4) is 35.3 Å². The number of methoxy groups -OCH3 is 2. The summed E-state index contributed by atoms with van der Waals surface area (Å²) in [6.07, 6.45) is 6.71. The number of hydrogen-bond acceptors (Lipinski definition) is 8. The quantitative estimate of drug-likeness (QED) is 0.297. The highest BCUT2D eigenvalue weighted by Gasteiger charge is 2.46. The predicted molar refractivity (Wildman–Crippen MR) is 128 cm³/mol. The molecule has 0 fully saturated rings. The molecule has 4 rings (SSSR count). The molecule has 1 atom stereocenters.